The van der Waals surface area contributed by atoms with Gasteiger partial charge in [-0.15, -0.1) is 0 Å². The molecular formula is C138H113N7. The Kier molecular flexibility index (Phi) is 18.7. The monoisotopic (exact) mass is 1870 g/mol. The van der Waals surface area contributed by atoms with Crippen LogP contribution in [0.15, 0.2) is 401 Å². The minimum absolute atomic E-state index is 0.0232. The summed E-state index contributed by atoms with van der Waals surface area (Å²) in [4.78, 5) is 14.9. The van der Waals surface area contributed by atoms with E-state index in [1.165, 1.54) is 208 Å². The molecule has 0 aliphatic heterocycles. The fourth-order valence-corrected chi connectivity index (χ4v) is 31.4. The summed E-state index contributed by atoms with van der Waals surface area (Å²) in [5.74, 6) is 9.19. The molecule has 1 atom stereocenters. The molecule has 0 saturated heterocycles. The Bertz CT molecular complexity index is 9290. The number of imidazole rings is 1. The first-order valence-electron chi connectivity index (χ1n) is 53.4. The SMILES string of the molecule is CC(C)(C)c1ccc(-n2c3ccccc3c3c(-c4ccc5c(c4)C4(c6ccccc6-5)C5CC6CC(C5)CC4C6)cccc32)cc1.CC(C)C1(C)c2ccccc2-c2c(-c3ccc4c(c3)c3ccccc3n4-c3cc4ccc5cccnc5c4cn3)cccc21.c1ccc(-n2c(-c3cccc(-n4c5ccccc5c5cc(-c6cccc7c6-c6ccccc6C76C7CC8CC(C7)CC6C8)ccc54)c3)nc3ccccc32)cc1. The van der Waals surface area contributed by atoms with Gasteiger partial charge in [0.15, 0.2) is 0 Å². The van der Waals surface area contributed by atoms with Crippen molar-refractivity contribution in [3.63, 3.8) is 0 Å². The third-order valence-electron chi connectivity index (χ3n) is 37.3. The predicted octanol–water partition coefficient (Wildman–Crippen LogP) is 35.1. The van der Waals surface area contributed by atoms with Gasteiger partial charge >= 0.3 is 0 Å². The van der Waals surface area contributed by atoms with E-state index in [4.69, 9.17) is 9.97 Å². The van der Waals surface area contributed by atoms with Crippen molar-refractivity contribution in [3.05, 3.63) is 440 Å². The van der Waals surface area contributed by atoms with Gasteiger partial charge in [0, 0.05) is 94.4 Å². The largest absolute Gasteiger partial charge is 0.309 e. The lowest BCUT2D eigenvalue weighted by atomic mass is 9.43. The zero-order chi connectivity index (χ0) is 96.2. The highest BCUT2D eigenvalue weighted by Crippen LogP contribution is 2.72. The summed E-state index contributed by atoms with van der Waals surface area (Å²) in [6.45, 7) is 14.0. The van der Waals surface area contributed by atoms with Gasteiger partial charge in [-0.25, -0.2) is 9.97 Å². The summed E-state index contributed by atoms with van der Waals surface area (Å²) in [6, 6.07) is 145. The highest BCUT2D eigenvalue weighted by atomic mass is 15.1. The topological polar surface area (TPSA) is 58.4 Å². The van der Waals surface area contributed by atoms with Gasteiger partial charge in [0.25, 0.3) is 0 Å². The Balaban J connectivity index is 0.000000102. The summed E-state index contributed by atoms with van der Waals surface area (Å²) in [5.41, 5.74) is 42.8. The van der Waals surface area contributed by atoms with E-state index in [2.05, 4.69) is 447 Å². The number of fused-ring (bicyclic) bond motifs is 22. The summed E-state index contributed by atoms with van der Waals surface area (Å²) in [7, 11) is 0. The number of nitrogens with zero attached hydrogens (tertiary/aromatic N) is 7. The van der Waals surface area contributed by atoms with Crippen molar-refractivity contribution in [3.8, 4) is 101 Å². The van der Waals surface area contributed by atoms with Gasteiger partial charge in [-0.1, -0.05) is 315 Å². The molecule has 8 fully saturated rings. The van der Waals surface area contributed by atoms with Crippen molar-refractivity contribution >= 4 is 98.1 Å². The van der Waals surface area contributed by atoms with Crippen LogP contribution in [-0.2, 0) is 21.7 Å². The van der Waals surface area contributed by atoms with Crippen molar-refractivity contribution in [2.45, 2.75) is 127 Å². The van der Waals surface area contributed by atoms with Crippen LogP contribution in [-0.4, -0.2) is 33.2 Å². The molecule has 145 heavy (non-hydrogen) atoms. The van der Waals surface area contributed by atoms with E-state index in [0.29, 0.717) is 5.92 Å². The second-order valence-corrected chi connectivity index (χ2v) is 45.6. The molecule has 1 unspecified atom stereocenters. The normalized spacial score (nSPS) is 21.9. The fraction of sp³-hybridized carbons (Fsp3) is 0.210. The first-order valence-corrected chi connectivity index (χ1v) is 53.4. The molecule has 34 rings (SSSR count). The standard InChI is InChI=1S/C53H41N3.C44H41N.C41H31N3/c1-2-13-39(14-3-1)56-50-23-9-7-21-47(50)54-52(56)36-12-10-15-40(31-36)55-48-22-8-5-16-42(48)44-32-35(24-25-49(44)55)41-18-11-20-46-51(41)43-17-4-6-19-45(43)53(46)37-27-33-26-34(29-37)30-38(53)28-33;1-43(2,3)30-16-18-33(19-17-30)45-40-13-7-5-10-37(40)42-34(11-8-14-41(42)45)29-15-20-36-35-9-4-6-12-38(35)44(39(36)26-29)31-22-27-21-28(24-31)25-32(44)23-27;1-25(2)41(3)34-14-6-4-12-31(34)39-29(13-8-15-35(39)41)27-19-20-37-32(22-27)30-11-5-7-16-36(30)44(37)38-23-28-18-17-26-10-9-21-42-40(26)33(28)24-43-38/h1-25,31-34,37-38H,26-30H2;4-20,26-28,31-32H,21-25H2,1-3H3;4-25H,1-3H3. The molecule has 23 aromatic rings. The predicted molar refractivity (Wildman–Crippen MR) is 601 cm³/mol. The summed E-state index contributed by atoms with van der Waals surface area (Å²) in [5, 5.41) is 11.0. The highest BCUT2D eigenvalue weighted by molar-refractivity contribution is 6.17. The van der Waals surface area contributed by atoms with Crippen LogP contribution in [0.5, 0.6) is 0 Å². The van der Waals surface area contributed by atoms with E-state index in [1.807, 2.05) is 18.5 Å². The Hall–Kier alpha value is -15.6. The molecule has 11 aliphatic rings. The lowest BCUT2D eigenvalue weighted by molar-refractivity contribution is -0.0399. The van der Waals surface area contributed by atoms with E-state index in [-0.39, 0.29) is 21.7 Å². The minimum atomic E-state index is -0.0232. The van der Waals surface area contributed by atoms with Crippen LogP contribution in [0, 0.1) is 53.3 Å². The van der Waals surface area contributed by atoms with Crippen molar-refractivity contribution in [1.29, 1.82) is 0 Å². The van der Waals surface area contributed by atoms with Crippen molar-refractivity contribution in [2.24, 2.45) is 53.3 Å². The summed E-state index contributed by atoms with van der Waals surface area (Å²) >= 11 is 0. The molecular weight excluding hydrogens is 1760 g/mol. The first kappa shape index (κ1) is 85.1. The smallest absolute Gasteiger partial charge is 0.145 e. The van der Waals surface area contributed by atoms with Gasteiger partial charge in [0.05, 0.1) is 49.7 Å². The Labute approximate surface area is 846 Å². The molecule has 0 N–H and O–H groups in total. The number of aromatic nitrogens is 7. The van der Waals surface area contributed by atoms with E-state index in [0.717, 1.165) is 120 Å². The van der Waals surface area contributed by atoms with Crippen LogP contribution >= 0.6 is 0 Å². The number of rotatable bonds is 9. The Morgan fingerprint density at radius 1 is 0.290 bits per heavy atom. The molecule has 700 valence electrons. The minimum Gasteiger partial charge on any atom is -0.309 e. The Morgan fingerprint density at radius 2 is 0.752 bits per heavy atom. The molecule has 0 radical (unpaired) electrons. The third kappa shape index (κ3) is 12.4. The van der Waals surface area contributed by atoms with Crippen molar-refractivity contribution < 1.29 is 0 Å². The van der Waals surface area contributed by atoms with Gasteiger partial charge < -0.3 is 9.13 Å². The molecule has 17 aromatic carbocycles. The number of benzene rings is 17. The van der Waals surface area contributed by atoms with E-state index >= 15 is 0 Å². The maximum absolute atomic E-state index is 5.21. The number of hydrogen-bond acceptors (Lipinski definition) is 3. The van der Waals surface area contributed by atoms with Crippen molar-refractivity contribution in [1.82, 2.24) is 33.2 Å². The van der Waals surface area contributed by atoms with E-state index in [9.17, 15) is 0 Å². The molecule has 6 aromatic heterocycles. The molecule has 11 aliphatic carbocycles. The van der Waals surface area contributed by atoms with E-state index in [1.54, 1.807) is 22.3 Å². The molecule has 6 heterocycles. The van der Waals surface area contributed by atoms with Crippen LogP contribution in [0.4, 0.5) is 0 Å². The van der Waals surface area contributed by atoms with Gasteiger partial charge in [0.2, 0.25) is 0 Å². The quantitative estimate of drug-likeness (QED) is 0.135. The first-order chi connectivity index (χ1) is 71.2. The van der Waals surface area contributed by atoms with Crippen LogP contribution in [0.25, 0.3) is 199 Å². The number of hydrogen-bond donors (Lipinski definition) is 0. The highest BCUT2D eigenvalue weighted by Gasteiger charge is 2.64. The average molecular weight is 1870 g/mol. The summed E-state index contributed by atoms with van der Waals surface area (Å²) < 4.78 is 9.51. The lowest BCUT2D eigenvalue weighted by Crippen LogP contribution is -2.55. The average Bonchev–Trinajstić information content (AvgIpc) is 1.52. The second-order valence-electron chi connectivity index (χ2n) is 45.6. The molecule has 8 bridgehead atoms. The third-order valence-corrected chi connectivity index (χ3v) is 37.3. The van der Waals surface area contributed by atoms with Crippen molar-refractivity contribution in [2.75, 3.05) is 0 Å². The van der Waals surface area contributed by atoms with Crippen LogP contribution < -0.4 is 0 Å². The van der Waals surface area contributed by atoms with Gasteiger partial charge in [-0.3, -0.25) is 14.1 Å². The van der Waals surface area contributed by atoms with Crippen LogP contribution in [0.2, 0.25) is 0 Å². The van der Waals surface area contributed by atoms with Gasteiger partial charge in [0.1, 0.15) is 11.6 Å². The van der Waals surface area contributed by atoms with Gasteiger partial charge in [-0.2, -0.15) is 0 Å². The second kappa shape index (κ2) is 32.0. The Morgan fingerprint density at radius 3 is 1.41 bits per heavy atom. The maximum atomic E-state index is 5.21. The fourth-order valence-electron chi connectivity index (χ4n) is 31.4. The van der Waals surface area contributed by atoms with Crippen LogP contribution in [0.1, 0.15) is 145 Å². The molecule has 2 spiro atoms. The molecule has 7 nitrogen and oxygen atoms in total. The molecule has 7 heteroatoms. The van der Waals surface area contributed by atoms with Crippen LogP contribution in [0.3, 0.4) is 0 Å². The number of para-hydroxylation sites is 6. The zero-order valence-corrected chi connectivity index (χ0v) is 83.0. The molecule has 0 amide bonds. The van der Waals surface area contributed by atoms with E-state index < -0.39 is 0 Å². The van der Waals surface area contributed by atoms with Gasteiger partial charge in [-0.05, 0) is 349 Å². The zero-order valence-electron chi connectivity index (χ0n) is 83.0. The maximum Gasteiger partial charge on any atom is 0.145 e. The summed E-state index contributed by atoms with van der Waals surface area (Å²) in [6.07, 6.45) is 18.1. The lowest BCUT2D eigenvalue weighted by Gasteiger charge is -2.61. The number of pyridine rings is 2. The molecule has 8 saturated carbocycles.